The summed E-state index contributed by atoms with van der Waals surface area (Å²) >= 11 is 0. The van der Waals surface area contributed by atoms with Crippen LogP contribution in [0.4, 0.5) is 5.82 Å². The number of nitrogens with one attached hydrogen (secondary N) is 1. The van der Waals surface area contributed by atoms with Crippen LogP contribution in [-0.2, 0) is 6.54 Å². The van der Waals surface area contributed by atoms with Crippen LogP contribution in [0.15, 0.2) is 36.5 Å². The molecule has 0 saturated heterocycles. The summed E-state index contributed by atoms with van der Waals surface area (Å²) in [6.07, 6.45) is 8.10. The van der Waals surface area contributed by atoms with Gasteiger partial charge < -0.3 is 19.7 Å². The van der Waals surface area contributed by atoms with Gasteiger partial charge in [0.25, 0.3) is 5.91 Å². The van der Waals surface area contributed by atoms with Crippen molar-refractivity contribution in [3.63, 3.8) is 0 Å². The highest BCUT2D eigenvalue weighted by Gasteiger charge is 2.21. The third-order valence-electron chi connectivity index (χ3n) is 5.40. The second kappa shape index (κ2) is 7.86. The predicted molar refractivity (Wildman–Crippen MR) is 103 cm³/mol. The number of benzene rings is 1. The van der Waals surface area contributed by atoms with Gasteiger partial charge in [-0.25, -0.2) is 4.98 Å². The van der Waals surface area contributed by atoms with E-state index in [2.05, 4.69) is 22.2 Å². The van der Waals surface area contributed by atoms with Crippen LogP contribution in [0.5, 0.6) is 11.5 Å². The van der Waals surface area contributed by atoms with Crippen LogP contribution in [0.25, 0.3) is 0 Å². The van der Waals surface area contributed by atoms with Crippen molar-refractivity contribution in [1.82, 2.24) is 10.3 Å². The van der Waals surface area contributed by atoms with Gasteiger partial charge in [-0.2, -0.15) is 0 Å². The Bertz CT molecular complexity index is 818. The number of ether oxygens (including phenoxy) is 2. The molecule has 1 aliphatic carbocycles. The summed E-state index contributed by atoms with van der Waals surface area (Å²) in [5, 5.41) is 3.00. The molecule has 142 valence electrons. The van der Waals surface area contributed by atoms with E-state index in [9.17, 15) is 4.79 Å². The quantitative estimate of drug-likeness (QED) is 0.876. The lowest BCUT2D eigenvalue weighted by Gasteiger charge is -2.33. The smallest absolute Gasteiger partial charge is 0.251 e. The van der Waals surface area contributed by atoms with Crippen LogP contribution in [0.3, 0.4) is 0 Å². The zero-order valence-electron chi connectivity index (χ0n) is 15.6. The molecule has 27 heavy (non-hydrogen) atoms. The number of anilines is 1. The summed E-state index contributed by atoms with van der Waals surface area (Å²) in [5.74, 6) is 2.11. The van der Waals surface area contributed by atoms with Gasteiger partial charge in [-0.1, -0.05) is 25.3 Å². The van der Waals surface area contributed by atoms with Gasteiger partial charge in [0.2, 0.25) is 6.79 Å². The van der Waals surface area contributed by atoms with Crippen molar-refractivity contribution in [2.24, 2.45) is 0 Å². The summed E-state index contributed by atoms with van der Waals surface area (Å²) in [6.45, 7) is 0.639. The van der Waals surface area contributed by atoms with E-state index < -0.39 is 0 Å². The summed E-state index contributed by atoms with van der Waals surface area (Å²) in [6, 6.07) is 9.71. The maximum atomic E-state index is 12.6. The van der Waals surface area contributed by atoms with Gasteiger partial charge >= 0.3 is 0 Å². The molecule has 0 unspecified atom stereocenters. The number of pyridine rings is 1. The molecule has 6 nitrogen and oxygen atoms in total. The van der Waals surface area contributed by atoms with Crippen molar-refractivity contribution in [2.75, 3.05) is 18.7 Å². The predicted octanol–water partition coefficient (Wildman–Crippen LogP) is 3.51. The Morgan fingerprint density at radius 3 is 2.85 bits per heavy atom. The number of hydrogen-bond donors (Lipinski definition) is 1. The van der Waals surface area contributed by atoms with E-state index in [-0.39, 0.29) is 12.7 Å². The van der Waals surface area contributed by atoms with Crippen molar-refractivity contribution in [3.05, 3.63) is 47.7 Å². The number of carbonyl (C=O) groups is 1. The largest absolute Gasteiger partial charge is 0.454 e. The monoisotopic (exact) mass is 367 g/mol. The van der Waals surface area contributed by atoms with E-state index in [1.165, 1.54) is 32.1 Å². The Labute approximate surface area is 159 Å². The molecule has 2 aliphatic rings. The molecular weight excluding hydrogens is 342 g/mol. The average Bonchev–Trinajstić information content (AvgIpc) is 3.20. The molecule has 1 aliphatic heterocycles. The van der Waals surface area contributed by atoms with Crippen LogP contribution in [0, 0.1) is 0 Å². The lowest BCUT2D eigenvalue weighted by molar-refractivity contribution is 0.0950. The molecule has 4 rings (SSSR count). The van der Waals surface area contributed by atoms with Gasteiger partial charge in [-0.05, 0) is 37.1 Å². The highest BCUT2D eigenvalue weighted by atomic mass is 16.7. The summed E-state index contributed by atoms with van der Waals surface area (Å²) < 4.78 is 10.6. The van der Waals surface area contributed by atoms with E-state index in [0.29, 0.717) is 29.6 Å². The van der Waals surface area contributed by atoms with Gasteiger partial charge in [0, 0.05) is 37.0 Å². The molecule has 0 atom stereocenters. The Balaban J connectivity index is 1.44. The first-order chi connectivity index (χ1) is 13.2. The van der Waals surface area contributed by atoms with Crippen LogP contribution < -0.4 is 19.7 Å². The molecule has 2 aromatic rings. The topological polar surface area (TPSA) is 63.7 Å². The minimum atomic E-state index is -0.136. The third kappa shape index (κ3) is 3.84. The van der Waals surface area contributed by atoms with Crippen molar-refractivity contribution < 1.29 is 14.3 Å². The standard InChI is InChI=1S/C21H25N3O3/c1-24(17-7-3-2-4-8-17)20-16(6-5-11-22-20)13-23-21(25)15-9-10-18-19(12-15)27-14-26-18/h5-6,9-12,17H,2-4,7-8,13-14H2,1H3,(H,23,25). The number of aromatic nitrogens is 1. The minimum Gasteiger partial charge on any atom is -0.454 e. The molecule has 1 aromatic carbocycles. The molecule has 1 saturated carbocycles. The number of fused-ring (bicyclic) bond motifs is 1. The maximum Gasteiger partial charge on any atom is 0.251 e. The van der Waals surface area contributed by atoms with Gasteiger partial charge in [-0.15, -0.1) is 0 Å². The molecule has 0 spiro atoms. The number of hydrogen-bond acceptors (Lipinski definition) is 5. The summed E-state index contributed by atoms with van der Waals surface area (Å²) in [7, 11) is 2.11. The molecule has 1 aromatic heterocycles. The van der Waals surface area contributed by atoms with Crippen molar-refractivity contribution in [1.29, 1.82) is 0 Å². The van der Waals surface area contributed by atoms with E-state index in [4.69, 9.17) is 9.47 Å². The highest BCUT2D eigenvalue weighted by molar-refractivity contribution is 5.95. The molecule has 0 bridgehead atoms. The second-order valence-electron chi connectivity index (χ2n) is 7.14. The molecular formula is C21H25N3O3. The van der Waals surface area contributed by atoms with E-state index in [0.717, 1.165) is 11.4 Å². The maximum absolute atomic E-state index is 12.6. The first-order valence-electron chi connectivity index (χ1n) is 9.57. The van der Waals surface area contributed by atoms with Crippen LogP contribution in [0.2, 0.25) is 0 Å². The number of amides is 1. The van der Waals surface area contributed by atoms with Gasteiger partial charge in [0.05, 0.1) is 0 Å². The lowest BCUT2D eigenvalue weighted by atomic mass is 9.94. The van der Waals surface area contributed by atoms with Gasteiger partial charge in [0.15, 0.2) is 11.5 Å². The first-order valence-corrected chi connectivity index (χ1v) is 9.57. The normalized spacial score (nSPS) is 16.2. The zero-order valence-corrected chi connectivity index (χ0v) is 15.6. The fraction of sp³-hybridized carbons (Fsp3) is 0.429. The molecule has 1 fully saturated rings. The third-order valence-corrected chi connectivity index (χ3v) is 5.40. The fourth-order valence-corrected chi connectivity index (χ4v) is 3.84. The van der Waals surface area contributed by atoms with Gasteiger partial charge in [-0.3, -0.25) is 4.79 Å². The van der Waals surface area contributed by atoms with E-state index in [1.807, 2.05) is 18.3 Å². The average molecular weight is 367 g/mol. The lowest BCUT2D eigenvalue weighted by Crippen LogP contribution is -2.35. The van der Waals surface area contributed by atoms with Crippen LogP contribution >= 0.6 is 0 Å². The summed E-state index contributed by atoms with van der Waals surface area (Å²) in [4.78, 5) is 19.4. The Kier molecular flexibility index (Phi) is 5.14. The van der Waals surface area contributed by atoms with E-state index >= 15 is 0 Å². The van der Waals surface area contributed by atoms with Crippen LogP contribution in [-0.4, -0.2) is 30.8 Å². The fourth-order valence-electron chi connectivity index (χ4n) is 3.84. The Morgan fingerprint density at radius 1 is 1.19 bits per heavy atom. The molecule has 0 radical (unpaired) electrons. The second-order valence-corrected chi connectivity index (χ2v) is 7.14. The molecule has 6 heteroatoms. The SMILES string of the molecule is CN(c1ncccc1CNC(=O)c1ccc2c(c1)OCO2)C1CCCCC1. The number of carbonyl (C=O) groups excluding carboxylic acids is 1. The molecule has 1 N–H and O–H groups in total. The molecule has 2 heterocycles. The Hall–Kier alpha value is -2.76. The first kappa shape index (κ1) is 17.6. The molecule has 1 amide bonds. The van der Waals surface area contributed by atoms with Crippen molar-refractivity contribution in [3.8, 4) is 11.5 Å². The van der Waals surface area contributed by atoms with Gasteiger partial charge in [0.1, 0.15) is 5.82 Å². The summed E-state index contributed by atoms with van der Waals surface area (Å²) in [5.41, 5.74) is 1.59. The minimum absolute atomic E-state index is 0.136. The van der Waals surface area contributed by atoms with E-state index in [1.54, 1.807) is 18.2 Å². The zero-order chi connectivity index (χ0) is 18.6. The highest BCUT2D eigenvalue weighted by Crippen LogP contribution is 2.32. The van der Waals surface area contributed by atoms with Crippen LogP contribution in [0.1, 0.15) is 48.0 Å². The van der Waals surface area contributed by atoms with Crippen molar-refractivity contribution in [2.45, 2.75) is 44.7 Å². The Morgan fingerprint density at radius 2 is 2.00 bits per heavy atom. The number of rotatable bonds is 5. The number of nitrogens with zero attached hydrogens (tertiary/aromatic N) is 2. The van der Waals surface area contributed by atoms with Crippen molar-refractivity contribution >= 4 is 11.7 Å².